The predicted molar refractivity (Wildman–Crippen MR) is 91.7 cm³/mol. The summed E-state index contributed by atoms with van der Waals surface area (Å²) in [5, 5.41) is 9.19. The lowest BCUT2D eigenvalue weighted by atomic mass is 9.79. The second-order valence-corrected chi connectivity index (χ2v) is 6.53. The molecule has 3 rings (SSSR count). The van der Waals surface area contributed by atoms with Crippen molar-refractivity contribution in [1.82, 2.24) is 4.90 Å². The Hall–Kier alpha value is -2.01. The number of ether oxygens (including phenoxy) is 2. The maximum absolute atomic E-state index is 11.2. The molecule has 2 aliphatic heterocycles. The third-order valence-electron chi connectivity index (χ3n) is 5.32. The van der Waals surface area contributed by atoms with E-state index in [4.69, 9.17) is 9.47 Å². The van der Waals surface area contributed by atoms with Crippen molar-refractivity contribution in [3.05, 3.63) is 34.9 Å². The molecule has 5 nitrogen and oxygen atoms in total. The summed E-state index contributed by atoms with van der Waals surface area (Å²) in [5.74, 6) is 0.979. The Labute approximate surface area is 142 Å². The van der Waals surface area contributed by atoms with Gasteiger partial charge in [0.25, 0.3) is 0 Å². The first-order valence-corrected chi connectivity index (χ1v) is 8.49. The number of hydrogen-bond donors (Lipinski definition) is 1. The molecule has 0 aromatic heterocycles. The van der Waals surface area contributed by atoms with Crippen LogP contribution in [-0.4, -0.2) is 43.3 Å². The summed E-state index contributed by atoms with van der Waals surface area (Å²) in [6.45, 7) is 4.06. The number of piperidine rings is 1. The van der Waals surface area contributed by atoms with Crippen LogP contribution in [0, 0.1) is 5.92 Å². The Balaban J connectivity index is 1.99. The Morgan fingerprint density at radius 3 is 2.67 bits per heavy atom. The summed E-state index contributed by atoms with van der Waals surface area (Å²) >= 11 is 0. The van der Waals surface area contributed by atoms with Crippen LogP contribution >= 0.6 is 0 Å². The van der Waals surface area contributed by atoms with Crippen molar-refractivity contribution in [2.75, 3.05) is 27.3 Å². The number of hydrogen-bond acceptors (Lipinski definition) is 4. The van der Waals surface area contributed by atoms with Gasteiger partial charge in [0, 0.05) is 25.2 Å². The van der Waals surface area contributed by atoms with E-state index in [2.05, 4.69) is 24.0 Å². The molecule has 2 unspecified atom stereocenters. The van der Waals surface area contributed by atoms with Gasteiger partial charge in [0.15, 0.2) is 11.5 Å². The summed E-state index contributed by atoms with van der Waals surface area (Å²) in [5.41, 5.74) is 3.57. The average molecular weight is 331 g/mol. The van der Waals surface area contributed by atoms with Crippen molar-refractivity contribution >= 4 is 5.97 Å². The molecule has 2 atom stereocenters. The molecule has 5 heteroatoms. The fourth-order valence-corrected chi connectivity index (χ4v) is 4.05. The summed E-state index contributed by atoms with van der Waals surface area (Å²) in [7, 11) is 3.30. The summed E-state index contributed by atoms with van der Waals surface area (Å²) < 4.78 is 10.9. The van der Waals surface area contributed by atoms with Crippen LogP contribution in [0.2, 0.25) is 0 Å². The number of rotatable bonds is 4. The maximum atomic E-state index is 11.2. The third-order valence-corrected chi connectivity index (χ3v) is 5.32. The minimum Gasteiger partial charge on any atom is -0.493 e. The molecule has 1 fully saturated rings. The molecule has 130 valence electrons. The highest BCUT2D eigenvalue weighted by Crippen LogP contribution is 2.44. The lowest BCUT2D eigenvalue weighted by Gasteiger charge is -2.44. The molecule has 1 aromatic carbocycles. The van der Waals surface area contributed by atoms with Crippen molar-refractivity contribution in [2.45, 2.75) is 32.2 Å². The molecular formula is C19H25NO4. The fourth-order valence-electron chi connectivity index (χ4n) is 4.05. The van der Waals surface area contributed by atoms with Gasteiger partial charge in [-0.05, 0) is 48.4 Å². The lowest BCUT2D eigenvalue weighted by Crippen LogP contribution is -2.43. The van der Waals surface area contributed by atoms with Crippen molar-refractivity contribution in [1.29, 1.82) is 0 Å². The minimum absolute atomic E-state index is 0.224. The Bertz CT molecular complexity index is 668. The second kappa shape index (κ2) is 6.85. The smallest absolute Gasteiger partial charge is 0.328 e. The van der Waals surface area contributed by atoms with Crippen LogP contribution in [0.15, 0.2) is 23.8 Å². The zero-order valence-corrected chi connectivity index (χ0v) is 14.5. The standard InChI is InChI=1S/C19H25NO4/c1-4-12-11-20-6-5-13-8-17(23-2)18(24-3)10-15(13)16(20)7-14(12)9-19(21)22/h8-10,12,16H,4-7,11H2,1-3H3,(H,21,22)/b14-9-. The molecule has 0 bridgehead atoms. The molecule has 0 saturated carbocycles. The van der Waals surface area contributed by atoms with Gasteiger partial charge in [-0.25, -0.2) is 4.79 Å². The van der Waals surface area contributed by atoms with E-state index in [1.807, 2.05) is 0 Å². The van der Waals surface area contributed by atoms with Crippen LogP contribution in [0.5, 0.6) is 11.5 Å². The molecule has 2 heterocycles. The topological polar surface area (TPSA) is 59.0 Å². The van der Waals surface area contributed by atoms with E-state index in [0.29, 0.717) is 5.92 Å². The van der Waals surface area contributed by atoms with Crippen LogP contribution in [0.3, 0.4) is 0 Å². The van der Waals surface area contributed by atoms with Crippen LogP contribution in [-0.2, 0) is 11.2 Å². The number of carboxylic acid groups (broad SMARTS) is 1. The normalized spacial score (nSPS) is 25.0. The quantitative estimate of drug-likeness (QED) is 0.859. The van der Waals surface area contributed by atoms with E-state index in [-0.39, 0.29) is 6.04 Å². The van der Waals surface area contributed by atoms with E-state index in [0.717, 1.165) is 49.4 Å². The van der Waals surface area contributed by atoms with E-state index in [9.17, 15) is 9.90 Å². The molecular weight excluding hydrogens is 306 g/mol. The lowest BCUT2D eigenvalue weighted by molar-refractivity contribution is -0.131. The van der Waals surface area contributed by atoms with Crippen LogP contribution in [0.1, 0.15) is 36.9 Å². The maximum Gasteiger partial charge on any atom is 0.328 e. The second-order valence-electron chi connectivity index (χ2n) is 6.53. The first-order valence-electron chi connectivity index (χ1n) is 8.49. The minimum atomic E-state index is -0.847. The molecule has 1 aromatic rings. The first kappa shape index (κ1) is 16.8. The number of aliphatic carboxylic acids is 1. The molecule has 24 heavy (non-hydrogen) atoms. The third kappa shape index (κ3) is 3.00. The predicted octanol–water partition coefficient (Wildman–Crippen LogP) is 3.04. The van der Waals surface area contributed by atoms with Gasteiger partial charge in [-0.3, -0.25) is 4.90 Å². The zero-order valence-electron chi connectivity index (χ0n) is 14.5. The van der Waals surface area contributed by atoms with Gasteiger partial charge in [0.2, 0.25) is 0 Å². The number of fused-ring (bicyclic) bond motifs is 3. The fraction of sp³-hybridized carbons (Fsp3) is 0.526. The van der Waals surface area contributed by atoms with Gasteiger partial charge in [-0.2, -0.15) is 0 Å². The molecule has 0 radical (unpaired) electrons. The highest BCUT2D eigenvalue weighted by atomic mass is 16.5. The highest BCUT2D eigenvalue weighted by molar-refractivity contribution is 5.80. The number of carbonyl (C=O) groups is 1. The van der Waals surface area contributed by atoms with Gasteiger partial charge in [-0.1, -0.05) is 12.5 Å². The van der Waals surface area contributed by atoms with Gasteiger partial charge < -0.3 is 14.6 Å². The van der Waals surface area contributed by atoms with Gasteiger partial charge >= 0.3 is 5.97 Å². The molecule has 1 saturated heterocycles. The van der Waals surface area contributed by atoms with Crippen LogP contribution < -0.4 is 9.47 Å². The van der Waals surface area contributed by atoms with Gasteiger partial charge in [0.1, 0.15) is 0 Å². The molecule has 0 spiro atoms. The monoisotopic (exact) mass is 331 g/mol. The number of carboxylic acids is 1. The summed E-state index contributed by atoms with van der Waals surface area (Å²) in [6, 6.07) is 4.36. The van der Waals surface area contributed by atoms with Crippen molar-refractivity contribution in [3.8, 4) is 11.5 Å². The highest BCUT2D eigenvalue weighted by Gasteiger charge is 2.36. The first-order chi connectivity index (χ1) is 11.6. The molecule has 0 amide bonds. The summed E-state index contributed by atoms with van der Waals surface area (Å²) in [6.07, 6.45) is 4.15. The van der Waals surface area contributed by atoms with E-state index in [1.54, 1.807) is 14.2 Å². The molecule has 1 N–H and O–H groups in total. The van der Waals surface area contributed by atoms with E-state index < -0.39 is 5.97 Å². The van der Waals surface area contributed by atoms with Crippen LogP contribution in [0.25, 0.3) is 0 Å². The van der Waals surface area contributed by atoms with Crippen LogP contribution in [0.4, 0.5) is 0 Å². The Kier molecular flexibility index (Phi) is 4.81. The largest absolute Gasteiger partial charge is 0.493 e. The van der Waals surface area contributed by atoms with Gasteiger partial charge in [-0.15, -0.1) is 0 Å². The Morgan fingerprint density at radius 2 is 2.04 bits per heavy atom. The molecule has 0 aliphatic carbocycles. The Morgan fingerprint density at radius 1 is 1.33 bits per heavy atom. The van der Waals surface area contributed by atoms with E-state index >= 15 is 0 Å². The van der Waals surface area contributed by atoms with E-state index in [1.165, 1.54) is 17.2 Å². The number of benzene rings is 1. The zero-order chi connectivity index (χ0) is 17.3. The number of nitrogens with zero attached hydrogens (tertiary/aromatic N) is 1. The van der Waals surface area contributed by atoms with Gasteiger partial charge in [0.05, 0.1) is 14.2 Å². The molecule has 2 aliphatic rings. The van der Waals surface area contributed by atoms with Crippen molar-refractivity contribution in [3.63, 3.8) is 0 Å². The number of methoxy groups -OCH3 is 2. The van der Waals surface area contributed by atoms with Crippen molar-refractivity contribution < 1.29 is 19.4 Å². The average Bonchev–Trinajstić information content (AvgIpc) is 2.59. The SMILES string of the molecule is CCC1CN2CCc3cc(OC)c(OC)cc3C2C/C1=C/C(=O)O. The van der Waals surface area contributed by atoms with Crippen molar-refractivity contribution in [2.24, 2.45) is 5.92 Å². The summed E-state index contributed by atoms with van der Waals surface area (Å²) in [4.78, 5) is 13.7.